The quantitative estimate of drug-likeness (QED) is 0.905. The molecule has 1 aliphatic heterocycles. The minimum atomic E-state index is 0. The van der Waals surface area contributed by atoms with Crippen molar-refractivity contribution in [3.63, 3.8) is 0 Å². The SMILES string of the molecule is CC1CCc2sc(C(=O)N3CCCCC3CN)cc2C1.Cl. The van der Waals surface area contributed by atoms with Gasteiger partial charge in [-0.3, -0.25) is 4.79 Å². The molecular weight excluding hydrogens is 304 g/mol. The Morgan fingerprint density at radius 1 is 1.43 bits per heavy atom. The van der Waals surface area contributed by atoms with Crippen LogP contribution in [0, 0.1) is 5.92 Å². The van der Waals surface area contributed by atoms with Gasteiger partial charge in [-0.1, -0.05) is 6.92 Å². The summed E-state index contributed by atoms with van der Waals surface area (Å²) in [6, 6.07) is 2.40. The number of likely N-dealkylation sites (tertiary alicyclic amines) is 1. The van der Waals surface area contributed by atoms with Gasteiger partial charge in [0, 0.05) is 24.0 Å². The molecule has 0 spiro atoms. The minimum absolute atomic E-state index is 0. The predicted molar refractivity (Wildman–Crippen MR) is 90.5 cm³/mol. The molecule has 21 heavy (non-hydrogen) atoms. The highest BCUT2D eigenvalue weighted by atomic mass is 35.5. The van der Waals surface area contributed by atoms with Crippen molar-refractivity contribution in [1.82, 2.24) is 4.90 Å². The molecule has 1 aliphatic carbocycles. The molecule has 3 rings (SSSR count). The highest BCUT2D eigenvalue weighted by molar-refractivity contribution is 7.14. The molecule has 2 unspecified atom stereocenters. The zero-order valence-corrected chi connectivity index (χ0v) is 14.3. The van der Waals surface area contributed by atoms with Crippen molar-refractivity contribution in [1.29, 1.82) is 0 Å². The van der Waals surface area contributed by atoms with Crippen molar-refractivity contribution in [3.05, 3.63) is 21.4 Å². The Bertz CT molecular complexity index is 502. The van der Waals surface area contributed by atoms with Crippen molar-refractivity contribution in [3.8, 4) is 0 Å². The number of fused-ring (bicyclic) bond motifs is 1. The molecule has 1 fully saturated rings. The van der Waals surface area contributed by atoms with Crippen molar-refractivity contribution in [2.45, 2.75) is 51.5 Å². The second-order valence-corrected chi connectivity index (χ2v) is 7.43. The largest absolute Gasteiger partial charge is 0.334 e. The van der Waals surface area contributed by atoms with E-state index in [9.17, 15) is 4.79 Å². The number of amides is 1. The first kappa shape index (κ1) is 16.8. The van der Waals surface area contributed by atoms with Crippen LogP contribution in [0.2, 0.25) is 0 Å². The Hall–Kier alpha value is -0.580. The van der Waals surface area contributed by atoms with Gasteiger partial charge in [0.25, 0.3) is 5.91 Å². The van der Waals surface area contributed by atoms with E-state index in [0.717, 1.165) is 43.0 Å². The summed E-state index contributed by atoms with van der Waals surface area (Å²) < 4.78 is 0. The summed E-state index contributed by atoms with van der Waals surface area (Å²) in [6.45, 7) is 3.77. The average molecular weight is 329 g/mol. The summed E-state index contributed by atoms with van der Waals surface area (Å²) in [6.07, 6.45) is 6.92. The summed E-state index contributed by atoms with van der Waals surface area (Å²) in [4.78, 5) is 17.1. The van der Waals surface area contributed by atoms with Crippen LogP contribution in [0.15, 0.2) is 6.07 Å². The van der Waals surface area contributed by atoms with E-state index in [1.54, 1.807) is 11.3 Å². The van der Waals surface area contributed by atoms with Gasteiger partial charge in [0.2, 0.25) is 0 Å². The molecule has 118 valence electrons. The number of halogens is 1. The number of carbonyl (C=O) groups excluding carboxylic acids is 1. The fourth-order valence-electron chi connectivity index (χ4n) is 3.47. The van der Waals surface area contributed by atoms with Crippen LogP contribution < -0.4 is 5.73 Å². The van der Waals surface area contributed by atoms with E-state index in [4.69, 9.17) is 5.73 Å². The number of hydrogen-bond donors (Lipinski definition) is 1. The lowest BCUT2D eigenvalue weighted by Crippen LogP contribution is -2.47. The van der Waals surface area contributed by atoms with E-state index in [0.29, 0.717) is 6.54 Å². The molecular formula is C16H25ClN2OS. The number of thiophene rings is 1. The van der Waals surface area contributed by atoms with Crippen LogP contribution in [0.4, 0.5) is 0 Å². The third-order valence-electron chi connectivity index (χ3n) is 4.70. The molecule has 2 atom stereocenters. The fraction of sp³-hybridized carbons (Fsp3) is 0.688. The number of nitrogens with zero attached hydrogens (tertiary/aromatic N) is 1. The van der Waals surface area contributed by atoms with Crippen molar-refractivity contribution in [2.24, 2.45) is 11.7 Å². The molecule has 1 aromatic heterocycles. The maximum atomic E-state index is 12.7. The van der Waals surface area contributed by atoms with Gasteiger partial charge >= 0.3 is 0 Å². The normalized spacial score (nSPS) is 25.1. The zero-order chi connectivity index (χ0) is 14.1. The van der Waals surface area contributed by atoms with Crippen LogP contribution in [0.3, 0.4) is 0 Å². The molecule has 0 aromatic carbocycles. The summed E-state index contributed by atoms with van der Waals surface area (Å²) in [7, 11) is 0. The molecule has 3 nitrogen and oxygen atoms in total. The minimum Gasteiger partial charge on any atom is -0.334 e. The predicted octanol–water partition coefficient (Wildman–Crippen LogP) is 3.25. The fourth-order valence-corrected chi connectivity index (χ4v) is 4.63. The Kier molecular flexibility index (Phi) is 5.69. The Balaban J connectivity index is 0.00000161. The summed E-state index contributed by atoms with van der Waals surface area (Å²) in [5, 5.41) is 0. The lowest BCUT2D eigenvalue weighted by Gasteiger charge is -2.34. The van der Waals surface area contributed by atoms with Crippen molar-refractivity contribution >= 4 is 29.7 Å². The van der Waals surface area contributed by atoms with Crippen LogP contribution in [0.25, 0.3) is 0 Å². The van der Waals surface area contributed by atoms with Crippen LogP contribution >= 0.6 is 23.7 Å². The molecule has 1 aromatic rings. The van der Waals surface area contributed by atoms with Gasteiger partial charge in [-0.2, -0.15) is 0 Å². The lowest BCUT2D eigenvalue weighted by molar-refractivity contribution is 0.0628. The van der Waals surface area contributed by atoms with Crippen LogP contribution in [0.5, 0.6) is 0 Å². The lowest BCUT2D eigenvalue weighted by atomic mass is 9.90. The first-order chi connectivity index (χ1) is 9.69. The topological polar surface area (TPSA) is 46.3 Å². The number of piperidine rings is 1. The second kappa shape index (κ2) is 7.12. The van der Waals surface area contributed by atoms with Gasteiger partial charge in [-0.15, -0.1) is 23.7 Å². The molecule has 2 N–H and O–H groups in total. The molecule has 5 heteroatoms. The van der Waals surface area contributed by atoms with Crippen LogP contribution in [-0.4, -0.2) is 29.9 Å². The number of aryl methyl sites for hydroxylation is 1. The maximum Gasteiger partial charge on any atom is 0.264 e. The van der Waals surface area contributed by atoms with Gasteiger partial charge in [0.05, 0.1) is 4.88 Å². The van der Waals surface area contributed by atoms with Gasteiger partial charge in [-0.25, -0.2) is 0 Å². The van der Waals surface area contributed by atoms with E-state index < -0.39 is 0 Å². The Labute approximate surface area is 137 Å². The van der Waals surface area contributed by atoms with Gasteiger partial charge in [-0.05, 0) is 56.1 Å². The van der Waals surface area contributed by atoms with E-state index in [-0.39, 0.29) is 24.4 Å². The first-order valence-corrected chi connectivity index (χ1v) is 8.63. The third kappa shape index (κ3) is 3.43. The van der Waals surface area contributed by atoms with Gasteiger partial charge in [0.1, 0.15) is 0 Å². The monoisotopic (exact) mass is 328 g/mol. The van der Waals surface area contributed by atoms with E-state index >= 15 is 0 Å². The first-order valence-electron chi connectivity index (χ1n) is 7.81. The van der Waals surface area contributed by atoms with E-state index in [1.807, 2.05) is 4.90 Å². The van der Waals surface area contributed by atoms with E-state index in [1.165, 1.54) is 23.3 Å². The number of nitrogens with two attached hydrogens (primary N) is 1. The van der Waals surface area contributed by atoms with Crippen LogP contribution in [-0.2, 0) is 12.8 Å². The Morgan fingerprint density at radius 3 is 3.00 bits per heavy atom. The summed E-state index contributed by atoms with van der Waals surface area (Å²) in [5.41, 5.74) is 7.25. The van der Waals surface area contributed by atoms with Crippen LogP contribution in [0.1, 0.15) is 52.7 Å². The van der Waals surface area contributed by atoms with Gasteiger partial charge in [0.15, 0.2) is 0 Å². The Morgan fingerprint density at radius 2 is 2.24 bits per heavy atom. The number of rotatable bonds is 2. The summed E-state index contributed by atoms with van der Waals surface area (Å²) in [5.74, 6) is 0.971. The standard InChI is InChI=1S/C16H24N2OS.ClH/c1-11-5-6-14-12(8-11)9-15(20-14)16(19)18-7-3-2-4-13(18)10-17;/h9,11,13H,2-8,10,17H2,1H3;1H. The maximum absolute atomic E-state index is 12.7. The highest BCUT2D eigenvalue weighted by Gasteiger charge is 2.29. The number of carbonyl (C=O) groups is 1. The average Bonchev–Trinajstić information content (AvgIpc) is 2.89. The number of hydrogen-bond acceptors (Lipinski definition) is 3. The molecule has 0 bridgehead atoms. The molecule has 0 saturated carbocycles. The molecule has 2 heterocycles. The third-order valence-corrected chi connectivity index (χ3v) is 5.93. The van der Waals surface area contributed by atoms with Gasteiger partial charge < -0.3 is 10.6 Å². The molecule has 0 radical (unpaired) electrons. The smallest absolute Gasteiger partial charge is 0.264 e. The molecule has 1 amide bonds. The second-order valence-electron chi connectivity index (χ2n) is 6.29. The zero-order valence-electron chi connectivity index (χ0n) is 12.6. The van der Waals surface area contributed by atoms with E-state index in [2.05, 4.69) is 13.0 Å². The highest BCUT2D eigenvalue weighted by Crippen LogP contribution is 2.33. The summed E-state index contributed by atoms with van der Waals surface area (Å²) >= 11 is 1.72. The van der Waals surface area contributed by atoms with Crippen molar-refractivity contribution in [2.75, 3.05) is 13.1 Å². The molecule has 2 aliphatic rings. The molecule has 1 saturated heterocycles. The van der Waals surface area contributed by atoms with Crippen molar-refractivity contribution < 1.29 is 4.79 Å².